The first-order valence-corrected chi connectivity index (χ1v) is 10.2. The molecule has 5 nitrogen and oxygen atoms in total. The smallest absolute Gasteiger partial charge is 0.113 e. The largest absolute Gasteiger partial charge is 0.396 e. The second kappa shape index (κ2) is 7.49. The van der Waals surface area contributed by atoms with Crippen molar-refractivity contribution in [1.29, 1.82) is 0 Å². The summed E-state index contributed by atoms with van der Waals surface area (Å²) in [4.78, 5) is 2.55. The van der Waals surface area contributed by atoms with Gasteiger partial charge in [0.05, 0.1) is 12.2 Å². The normalized spacial score (nSPS) is 23.8. The molecule has 28 heavy (non-hydrogen) atoms. The molecule has 4 heterocycles. The Morgan fingerprint density at radius 1 is 0.964 bits per heavy atom. The maximum atomic E-state index is 9.20. The maximum absolute atomic E-state index is 9.20. The molecule has 3 saturated heterocycles. The maximum Gasteiger partial charge on any atom is 0.113 e. The van der Waals surface area contributed by atoms with Crippen LogP contribution in [-0.4, -0.2) is 51.2 Å². The second-order valence-corrected chi connectivity index (χ2v) is 8.04. The number of benzene rings is 2. The number of piperidine rings is 3. The third-order valence-electron chi connectivity index (χ3n) is 6.29. The van der Waals surface area contributed by atoms with Gasteiger partial charge in [-0.2, -0.15) is 0 Å². The molecule has 0 aliphatic carbocycles. The van der Waals surface area contributed by atoms with E-state index in [-0.39, 0.29) is 6.61 Å². The number of aromatic nitrogens is 3. The lowest BCUT2D eigenvalue weighted by Gasteiger charge is -2.44. The zero-order valence-electron chi connectivity index (χ0n) is 16.0. The van der Waals surface area contributed by atoms with Gasteiger partial charge in [-0.3, -0.25) is 0 Å². The van der Waals surface area contributed by atoms with E-state index in [0.29, 0.717) is 12.5 Å². The topological polar surface area (TPSA) is 54.2 Å². The molecule has 0 spiro atoms. The Kier molecular flexibility index (Phi) is 4.71. The van der Waals surface area contributed by atoms with Crippen molar-refractivity contribution in [3.8, 4) is 22.4 Å². The molecule has 144 valence electrons. The molecule has 0 amide bonds. The number of aliphatic hydroxyl groups excluding tert-OH is 1. The van der Waals surface area contributed by atoms with Crippen molar-refractivity contribution in [2.75, 3.05) is 26.2 Å². The van der Waals surface area contributed by atoms with Gasteiger partial charge < -0.3 is 10.0 Å². The summed E-state index contributed by atoms with van der Waals surface area (Å²) in [6, 6.07) is 17.3. The minimum atomic E-state index is 0.173. The number of fused-ring (bicyclic) bond motifs is 3. The zero-order valence-corrected chi connectivity index (χ0v) is 16.0. The number of rotatable bonds is 5. The zero-order chi connectivity index (χ0) is 18.9. The van der Waals surface area contributed by atoms with Crippen LogP contribution >= 0.6 is 0 Å². The molecule has 5 heteroatoms. The Hall–Kier alpha value is -2.50. The van der Waals surface area contributed by atoms with Gasteiger partial charge in [0.15, 0.2) is 0 Å². The summed E-state index contributed by atoms with van der Waals surface area (Å²) < 4.78 is 2.10. The number of hydrogen-bond acceptors (Lipinski definition) is 4. The number of nitrogens with zero attached hydrogens (tertiary/aromatic N) is 4. The standard InChI is InChI=1S/C23H26N4O/c28-12-9-17-3-1-4-19(13-17)20-5-2-6-21(14-20)22-15-27(25-24-22)23-16-26-10-7-18(23)8-11-26/h1-6,13-15,18,23,28H,7-12,16H2. The van der Waals surface area contributed by atoms with Gasteiger partial charge in [-0.05, 0) is 61.0 Å². The van der Waals surface area contributed by atoms with E-state index in [1.165, 1.54) is 25.9 Å². The predicted molar refractivity (Wildman–Crippen MR) is 110 cm³/mol. The van der Waals surface area contributed by atoms with E-state index in [1.54, 1.807) is 0 Å². The molecule has 1 aromatic heterocycles. The Morgan fingerprint density at radius 3 is 2.46 bits per heavy atom. The van der Waals surface area contributed by atoms with Crippen LogP contribution in [0.1, 0.15) is 24.4 Å². The SMILES string of the molecule is OCCc1cccc(-c2cccc(-c3cn(C4CN5CCC4CC5)nn3)c2)c1. The van der Waals surface area contributed by atoms with Gasteiger partial charge in [0.2, 0.25) is 0 Å². The average molecular weight is 374 g/mol. The van der Waals surface area contributed by atoms with Gasteiger partial charge in [-0.25, -0.2) is 4.68 Å². The van der Waals surface area contributed by atoms with E-state index in [9.17, 15) is 5.11 Å². The molecule has 3 aromatic rings. The fourth-order valence-corrected chi connectivity index (χ4v) is 4.70. The molecule has 3 fully saturated rings. The van der Waals surface area contributed by atoms with Gasteiger partial charge in [0.25, 0.3) is 0 Å². The van der Waals surface area contributed by atoms with Crippen molar-refractivity contribution in [2.45, 2.75) is 25.3 Å². The predicted octanol–water partition coefficient (Wildman–Crippen LogP) is 3.41. The monoisotopic (exact) mass is 374 g/mol. The summed E-state index contributed by atoms with van der Waals surface area (Å²) in [7, 11) is 0. The Labute approximate surface area is 165 Å². The first-order chi connectivity index (χ1) is 13.8. The Bertz CT molecular complexity index is 958. The van der Waals surface area contributed by atoms with Crippen LogP contribution in [0.25, 0.3) is 22.4 Å². The lowest BCUT2D eigenvalue weighted by atomic mass is 9.84. The fourth-order valence-electron chi connectivity index (χ4n) is 4.70. The highest BCUT2D eigenvalue weighted by Gasteiger charge is 2.35. The van der Waals surface area contributed by atoms with Crippen molar-refractivity contribution in [3.05, 3.63) is 60.3 Å². The summed E-state index contributed by atoms with van der Waals surface area (Å²) in [6.07, 6.45) is 5.36. The fraction of sp³-hybridized carbons (Fsp3) is 0.391. The van der Waals surface area contributed by atoms with E-state index in [0.717, 1.165) is 40.4 Å². The molecule has 1 atom stereocenters. The highest BCUT2D eigenvalue weighted by molar-refractivity contribution is 5.71. The van der Waals surface area contributed by atoms with Crippen LogP contribution in [0.15, 0.2) is 54.7 Å². The first-order valence-electron chi connectivity index (χ1n) is 10.2. The molecule has 1 unspecified atom stereocenters. The van der Waals surface area contributed by atoms with Crippen LogP contribution in [0.4, 0.5) is 0 Å². The van der Waals surface area contributed by atoms with Gasteiger partial charge in [-0.1, -0.05) is 47.7 Å². The average Bonchev–Trinajstić information content (AvgIpc) is 3.25. The molecule has 3 aliphatic rings. The van der Waals surface area contributed by atoms with Crippen LogP contribution in [-0.2, 0) is 6.42 Å². The number of aliphatic hydroxyl groups is 1. The molecule has 2 bridgehead atoms. The van der Waals surface area contributed by atoms with Gasteiger partial charge in [0.1, 0.15) is 5.69 Å². The molecule has 0 radical (unpaired) electrons. The minimum absolute atomic E-state index is 0.173. The van der Waals surface area contributed by atoms with Gasteiger partial charge in [0, 0.05) is 18.7 Å². The quantitative estimate of drug-likeness (QED) is 0.744. The molecular formula is C23H26N4O. The first kappa shape index (κ1) is 17.6. The van der Waals surface area contributed by atoms with Crippen molar-refractivity contribution in [1.82, 2.24) is 19.9 Å². The minimum Gasteiger partial charge on any atom is -0.396 e. The van der Waals surface area contributed by atoms with Crippen LogP contribution in [0, 0.1) is 5.92 Å². The lowest BCUT2D eigenvalue weighted by Crippen LogP contribution is -2.48. The molecule has 3 aliphatic heterocycles. The Morgan fingerprint density at radius 2 is 1.71 bits per heavy atom. The van der Waals surface area contributed by atoms with Crippen molar-refractivity contribution < 1.29 is 5.11 Å². The van der Waals surface area contributed by atoms with Crippen molar-refractivity contribution in [3.63, 3.8) is 0 Å². The highest BCUT2D eigenvalue weighted by atomic mass is 16.2. The van der Waals surface area contributed by atoms with Crippen LogP contribution < -0.4 is 0 Å². The molecule has 2 aromatic carbocycles. The summed E-state index contributed by atoms with van der Waals surface area (Å²) >= 11 is 0. The van der Waals surface area contributed by atoms with E-state index >= 15 is 0 Å². The molecule has 6 rings (SSSR count). The van der Waals surface area contributed by atoms with Crippen molar-refractivity contribution >= 4 is 0 Å². The van der Waals surface area contributed by atoms with Crippen molar-refractivity contribution in [2.24, 2.45) is 5.92 Å². The van der Waals surface area contributed by atoms with Gasteiger partial charge in [-0.15, -0.1) is 5.10 Å². The third kappa shape index (κ3) is 3.36. The van der Waals surface area contributed by atoms with Crippen LogP contribution in [0.5, 0.6) is 0 Å². The summed E-state index contributed by atoms with van der Waals surface area (Å²) in [5.74, 6) is 0.736. The molecule has 1 N–H and O–H groups in total. The Balaban J connectivity index is 1.41. The number of hydrogen-bond donors (Lipinski definition) is 1. The summed E-state index contributed by atoms with van der Waals surface area (Å²) in [5, 5.41) is 18.2. The van der Waals surface area contributed by atoms with E-state index < -0.39 is 0 Å². The molecule has 0 saturated carbocycles. The summed E-state index contributed by atoms with van der Waals surface area (Å²) in [5.41, 5.74) is 5.51. The van der Waals surface area contributed by atoms with E-state index in [2.05, 4.69) is 74.6 Å². The van der Waals surface area contributed by atoms with Gasteiger partial charge >= 0.3 is 0 Å². The lowest BCUT2D eigenvalue weighted by molar-refractivity contribution is 0.0504. The van der Waals surface area contributed by atoms with E-state index in [4.69, 9.17) is 0 Å². The third-order valence-corrected chi connectivity index (χ3v) is 6.29. The van der Waals surface area contributed by atoms with E-state index in [1.807, 2.05) is 0 Å². The summed E-state index contributed by atoms with van der Waals surface area (Å²) in [6.45, 7) is 3.75. The highest BCUT2D eigenvalue weighted by Crippen LogP contribution is 2.35. The van der Waals surface area contributed by atoms with Crippen LogP contribution in [0.2, 0.25) is 0 Å². The second-order valence-electron chi connectivity index (χ2n) is 8.04. The van der Waals surface area contributed by atoms with Crippen LogP contribution in [0.3, 0.4) is 0 Å². The molecular weight excluding hydrogens is 348 g/mol.